The largest absolute Gasteiger partial charge is 0.497 e. The summed E-state index contributed by atoms with van der Waals surface area (Å²) in [7, 11) is 3.28. The number of carbonyl (C=O) groups is 1. The molecule has 156 valence electrons. The van der Waals surface area contributed by atoms with E-state index in [9.17, 15) is 4.79 Å². The molecule has 7 heteroatoms. The Hall–Kier alpha value is -2.93. The number of carbonyl (C=O) groups excluding carboxylic acids is 1. The molecular formula is C23H25N3O3S. The molecule has 0 saturated carbocycles. The van der Waals surface area contributed by atoms with Crippen molar-refractivity contribution in [3.8, 4) is 17.2 Å². The van der Waals surface area contributed by atoms with Crippen molar-refractivity contribution in [1.82, 2.24) is 9.78 Å². The number of methoxy groups -OCH3 is 2. The van der Waals surface area contributed by atoms with Crippen LogP contribution in [0.25, 0.3) is 5.69 Å². The van der Waals surface area contributed by atoms with Crippen LogP contribution in [0.15, 0.2) is 42.5 Å². The number of hydrogen-bond donors (Lipinski definition) is 1. The van der Waals surface area contributed by atoms with Crippen LogP contribution in [0.1, 0.15) is 34.6 Å². The first-order chi connectivity index (χ1) is 14.5. The molecule has 2 aromatic carbocycles. The first-order valence-electron chi connectivity index (χ1n) is 9.88. The third-order valence-corrected chi connectivity index (χ3v) is 6.57. The summed E-state index contributed by atoms with van der Waals surface area (Å²) in [5.41, 5.74) is 5.04. The highest BCUT2D eigenvalue weighted by Gasteiger charge is 2.32. The zero-order valence-corrected chi connectivity index (χ0v) is 18.4. The van der Waals surface area contributed by atoms with E-state index >= 15 is 0 Å². The van der Waals surface area contributed by atoms with Gasteiger partial charge in [-0.25, -0.2) is 4.68 Å². The highest BCUT2D eigenvalue weighted by molar-refractivity contribution is 8.00. The summed E-state index contributed by atoms with van der Waals surface area (Å²) in [6, 6.07) is 14.1. The minimum absolute atomic E-state index is 0.0393. The minimum atomic E-state index is -0.0940. The third-order valence-electron chi connectivity index (χ3n) is 5.32. The zero-order valence-electron chi connectivity index (χ0n) is 17.6. The second-order valence-corrected chi connectivity index (χ2v) is 8.22. The van der Waals surface area contributed by atoms with E-state index in [0.29, 0.717) is 5.75 Å². The van der Waals surface area contributed by atoms with Gasteiger partial charge in [-0.3, -0.25) is 4.79 Å². The van der Waals surface area contributed by atoms with Gasteiger partial charge < -0.3 is 14.8 Å². The van der Waals surface area contributed by atoms with Gasteiger partial charge in [-0.1, -0.05) is 25.1 Å². The number of aromatic nitrogens is 2. The van der Waals surface area contributed by atoms with Crippen molar-refractivity contribution in [3.63, 3.8) is 0 Å². The molecule has 6 nitrogen and oxygen atoms in total. The van der Waals surface area contributed by atoms with Gasteiger partial charge >= 0.3 is 0 Å². The van der Waals surface area contributed by atoms with E-state index in [0.717, 1.165) is 46.2 Å². The summed E-state index contributed by atoms with van der Waals surface area (Å²) in [6.07, 6.45) is 0.975. The fraction of sp³-hybridized carbons (Fsp3) is 0.304. The van der Waals surface area contributed by atoms with Crippen LogP contribution in [0.3, 0.4) is 0 Å². The van der Waals surface area contributed by atoms with Crippen molar-refractivity contribution in [3.05, 3.63) is 64.8 Å². The van der Waals surface area contributed by atoms with Gasteiger partial charge in [0.1, 0.15) is 17.3 Å². The topological polar surface area (TPSA) is 65.4 Å². The van der Waals surface area contributed by atoms with E-state index in [-0.39, 0.29) is 11.2 Å². The van der Waals surface area contributed by atoms with Crippen LogP contribution in [0.5, 0.6) is 11.5 Å². The number of nitrogens with zero attached hydrogens (tertiary/aromatic N) is 2. The maximum absolute atomic E-state index is 12.5. The Labute approximate surface area is 180 Å². The molecule has 0 unspecified atom stereocenters. The first-order valence-corrected chi connectivity index (χ1v) is 10.9. The average molecular weight is 424 g/mol. The molecule has 1 N–H and O–H groups in total. The van der Waals surface area contributed by atoms with E-state index in [1.807, 2.05) is 41.9 Å². The van der Waals surface area contributed by atoms with E-state index in [1.165, 1.54) is 5.56 Å². The average Bonchev–Trinajstić information content (AvgIpc) is 2.98. The van der Waals surface area contributed by atoms with Gasteiger partial charge in [-0.2, -0.15) is 5.10 Å². The number of anilines is 1. The SMILES string of the molecule is CCc1ccc(-n2nc(C)c3c2NC(=O)CS[C@@H]3c2ccc(OC)cc2OC)cc1. The molecule has 4 rings (SSSR count). The molecular weight excluding hydrogens is 398 g/mol. The summed E-state index contributed by atoms with van der Waals surface area (Å²) in [5, 5.41) is 7.76. The van der Waals surface area contributed by atoms with E-state index in [1.54, 1.807) is 26.0 Å². The fourth-order valence-electron chi connectivity index (χ4n) is 3.72. The van der Waals surface area contributed by atoms with Crippen LogP contribution in [-0.2, 0) is 11.2 Å². The molecule has 0 saturated heterocycles. The Morgan fingerprint density at radius 2 is 1.93 bits per heavy atom. The van der Waals surface area contributed by atoms with Gasteiger partial charge in [0.05, 0.1) is 36.6 Å². The third kappa shape index (κ3) is 3.65. The predicted octanol–water partition coefficient (Wildman–Crippen LogP) is 4.54. The molecule has 1 atom stereocenters. The van der Waals surface area contributed by atoms with Crippen LogP contribution in [0, 0.1) is 6.92 Å². The number of benzene rings is 2. The summed E-state index contributed by atoms with van der Waals surface area (Å²) < 4.78 is 12.8. The van der Waals surface area contributed by atoms with Crippen molar-refractivity contribution < 1.29 is 14.3 Å². The lowest BCUT2D eigenvalue weighted by molar-refractivity contribution is -0.113. The molecule has 1 aliphatic rings. The number of hydrogen-bond acceptors (Lipinski definition) is 5. The second-order valence-electron chi connectivity index (χ2n) is 7.13. The summed E-state index contributed by atoms with van der Waals surface area (Å²) in [5.74, 6) is 2.48. The number of amides is 1. The smallest absolute Gasteiger partial charge is 0.235 e. The summed E-state index contributed by atoms with van der Waals surface area (Å²) in [4.78, 5) is 12.5. The van der Waals surface area contributed by atoms with Crippen LogP contribution in [0.2, 0.25) is 0 Å². The maximum atomic E-state index is 12.5. The van der Waals surface area contributed by atoms with Crippen LogP contribution >= 0.6 is 11.8 Å². The quantitative estimate of drug-likeness (QED) is 0.653. The van der Waals surface area contributed by atoms with E-state index < -0.39 is 0 Å². The predicted molar refractivity (Wildman–Crippen MR) is 120 cm³/mol. The van der Waals surface area contributed by atoms with Crippen LogP contribution < -0.4 is 14.8 Å². The van der Waals surface area contributed by atoms with Gasteiger partial charge in [0.2, 0.25) is 5.91 Å². The molecule has 0 radical (unpaired) electrons. The van der Waals surface area contributed by atoms with Crippen molar-refractivity contribution >= 4 is 23.5 Å². The summed E-state index contributed by atoms with van der Waals surface area (Å²) >= 11 is 1.57. The molecule has 1 aliphatic heterocycles. The van der Waals surface area contributed by atoms with Crippen LogP contribution in [-0.4, -0.2) is 35.7 Å². The van der Waals surface area contributed by atoms with Crippen LogP contribution in [0.4, 0.5) is 5.82 Å². The van der Waals surface area contributed by atoms with Crippen molar-refractivity contribution in [1.29, 1.82) is 0 Å². The molecule has 1 aromatic heterocycles. The Kier molecular flexibility index (Phi) is 5.72. The highest BCUT2D eigenvalue weighted by atomic mass is 32.2. The van der Waals surface area contributed by atoms with Crippen molar-refractivity contribution in [2.75, 3.05) is 25.3 Å². The number of thioether (sulfide) groups is 1. The standard InChI is InChI=1S/C23H25N3O3S/c1-5-15-6-8-16(9-7-15)26-23-21(14(2)25-26)22(30-13-20(27)24-23)18-11-10-17(28-3)12-19(18)29-4/h6-12,22H,5,13H2,1-4H3,(H,24,27)/t22-/m1/s1. The zero-order chi connectivity index (χ0) is 21.3. The molecule has 0 fully saturated rings. The number of ether oxygens (including phenoxy) is 2. The molecule has 0 bridgehead atoms. The first kappa shape index (κ1) is 20.3. The van der Waals surface area contributed by atoms with Gasteiger partial charge in [-0.15, -0.1) is 11.8 Å². The lowest BCUT2D eigenvalue weighted by Crippen LogP contribution is -2.15. The molecule has 2 heterocycles. The Morgan fingerprint density at radius 3 is 2.60 bits per heavy atom. The second kappa shape index (κ2) is 8.44. The van der Waals surface area contributed by atoms with Crippen molar-refractivity contribution in [2.45, 2.75) is 25.5 Å². The normalized spacial score (nSPS) is 15.9. The lowest BCUT2D eigenvalue weighted by Gasteiger charge is -2.19. The highest BCUT2D eigenvalue weighted by Crippen LogP contribution is 2.47. The molecule has 30 heavy (non-hydrogen) atoms. The van der Waals surface area contributed by atoms with Gasteiger partial charge in [0.15, 0.2) is 0 Å². The molecule has 1 amide bonds. The molecule has 0 spiro atoms. The minimum Gasteiger partial charge on any atom is -0.497 e. The number of rotatable bonds is 5. The number of fused-ring (bicyclic) bond motifs is 1. The Bertz CT molecular complexity index is 1080. The Morgan fingerprint density at radius 1 is 1.17 bits per heavy atom. The van der Waals surface area contributed by atoms with E-state index in [4.69, 9.17) is 14.6 Å². The van der Waals surface area contributed by atoms with Gasteiger partial charge in [0, 0.05) is 17.2 Å². The number of nitrogens with one attached hydrogen (secondary N) is 1. The molecule has 0 aliphatic carbocycles. The summed E-state index contributed by atoms with van der Waals surface area (Å²) in [6.45, 7) is 4.11. The lowest BCUT2D eigenvalue weighted by atomic mass is 10.0. The van der Waals surface area contributed by atoms with Gasteiger partial charge in [0.25, 0.3) is 0 Å². The number of aryl methyl sites for hydroxylation is 2. The monoisotopic (exact) mass is 423 g/mol. The maximum Gasteiger partial charge on any atom is 0.235 e. The van der Waals surface area contributed by atoms with Gasteiger partial charge in [-0.05, 0) is 37.1 Å². The van der Waals surface area contributed by atoms with E-state index in [2.05, 4.69) is 24.4 Å². The van der Waals surface area contributed by atoms with Crippen molar-refractivity contribution in [2.24, 2.45) is 0 Å². The molecule has 3 aromatic rings. The fourth-order valence-corrected chi connectivity index (χ4v) is 4.94. The Balaban J connectivity index is 1.86.